The topological polar surface area (TPSA) is 33.6 Å². The zero-order valence-corrected chi connectivity index (χ0v) is 24.5. The van der Waals surface area contributed by atoms with E-state index in [1.54, 1.807) is 0 Å². The number of oxazole rings is 1. The first-order chi connectivity index (χ1) is 21.0. The molecule has 2 aliphatic rings. The van der Waals surface area contributed by atoms with E-state index in [9.17, 15) is 0 Å². The Bertz CT molecular complexity index is 1850. The second-order valence-electron chi connectivity index (χ2n) is 12.1. The molecule has 0 bridgehead atoms. The number of anilines is 3. The maximum Gasteiger partial charge on any atom is 0.250 e. The Balaban J connectivity index is 1.25. The lowest BCUT2D eigenvalue weighted by molar-refractivity contribution is 0.228. The highest BCUT2D eigenvalue weighted by Gasteiger charge is 2.38. The van der Waals surface area contributed by atoms with Gasteiger partial charge in [-0.05, 0) is 101 Å². The predicted octanol–water partition coefficient (Wildman–Crippen LogP) is 10.8. The number of nitrogens with zero attached hydrogens (tertiary/aromatic N) is 3. The van der Waals surface area contributed by atoms with Crippen LogP contribution in [0.1, 0.15) is 44.6 Å². The third-order valence-corrected chi connectivity index (χ3v) is 8.81. The van der Waals surface area contributed by atoms with Crippen molar-refractivity contribution in [2.45, 2.75) is 33.1 Å². The number of aromatic nitrogens is 1. The van der Waals surface area contributed by atoms with Gasteiger partial charge in [0.05, 0.1) is 6.57 Å². The fourth-order valence-electron chi connectivity index (χ4n) is 6.73. The molecule has 1 unspecified atom stereocenters. The molecule has 4 aromatic carbocycles. The number of rotatable bonds is 5. The fraction of sp³-hybridized carbons (Fsp3) is 0.179. The van der Waals surface area contributed by atoms with Crippen molar-refractivity contribution in [1.29, 1.82) is 0 Å². The number of hydrogen-bond acceptors (Lipinski definition) is 3. The Morgan fingerprint density at radius 2 is 1.44 bits per heavy atom. The smallest absolute Gasteiger partial charge is 0.250 e. The second-order valence-corrected chi connectivity index (χ2v) is 12.1. The van der Waals surface area contributed by atoms with Crippen LogP contribution in [0.25, 0.3) is 27.2 Å². The van der Waals surface area contributed by atoms with Gasteiger partial charge in [-0.25, -0.2) is 9.83 Å². The SMILES string of the molecule is [C-]#[N+]/C(=C1\C=C2C=C(c3ccc(N(c4ccccc4)c4ccccc4)cc3)CCC2C(C)(C)C1)c1nc2ccccc2o1. The van der Waals surface area contributed by atoms with Crippen molar-refractivity contribution < 1.29 is 4.42 Å². The van der Waals surface area contributed by atoms with Gasteiger partial charge >= 0.3 is 0 Å². The summed E-state index contributed by atoms with van der Waals surface area (Å²) in [6, 6.07) is 37.6. The van der Waals surface area contributed by atoms with Gasteiger partial charge in [-0.2, -0.15) is 0 Å². The lowest BCUT2D eigenvalue weighted by atomic mass is 9.62. The Morgan fingerprint density at radius 1 is 0.814 bits per heavy atom. The molecule has 0 fully saturated rings. The van der Waals surface area contributed by atoms with Crippen molar-refractivity contribution in [2.24, 2.45) is 11.3 Å². The Morgan fingerprint density at radius 3 is 2.09 bits per heavy atom. The molecule has 0 radical (unpaired) electrons. The molecule has 4 nitrogen and oxygen atoms in total. The van der Waals surface area contributed by atoms with Crippen molar-refractivity contribution in [3.8, 4) is 0 Å². The van der Waals surface area contributed by atoms with Crippen LogP contribution in [0.5, 0.6) is 0 Å². The third kappa shape index (κ3) is 5.08. The average Bonchev–Trinajstić information content (AvgIpc) is 3.46. The molecule has 2 aliphatic carbocycles. The monoisotopic (exact) mass is 559 g/mol. The number of para-hydroxylation sites is 4. The summed E-state index contributed by atoms with van der Waals surface area (Å²) in [6.45, 7) is 12.7. The lowest BCUT2D eigenvalue weighted by Gasteiger charge is -2.42. The summed E-state index contributed by atoms with van der Waals surface area (Å²) in [5.41, 5.74) is 10.3. The first-order valence-corrected chi connectivity index (χ1v) is 14.9. The van der Waals surface area contributed by atoms with Crippen molar-refractivity contribution in [3.05, 3.63) is 155 Å². The zero-order valence-electron chi connectivity index (χ0n) is 24.5. The number of fused-ring (bicyclic) bond motifs is 2. The van der Waals surface area contributed by atoms with E-state index < -0.39 is 0 Å². The van der Waals surface area contributed by atoms with Crippen LogP contribution in [0.4, 0.5) is 17.1 Å². The molecule has 0 saturated heterocycles. The quantitative estimate of drug-likeness (QED) is 0.201. The van der Waals surface area contributed by atoms with Crippen LogP contribution in [0.3, 0.4) is 0 Å². The minimum absolute atomic E-state index is 0.0269. The number of benzene rings is 4. The van der Waals surface area contributed by atoms with E-state index in [1.807, 2.05) is 24.3 Å². The fourth-order valence-corrected chi connectivity index (χ4v) is 6.73. The Hall–Kier alpha value is -5.14. The molecule has 1 aromatic heterocycles. The zero-order chi connectivity index (χ0) is 29.4. The summed E-state index contributed by atoms with van der Waals surface area (Å²) in [7, 11) is 0. The van der Waals surface area contributed by atoms with Gasteiger partial charge in [0.15, 0.2) is 5.58 Å². The average molecular weight is 560 g/mol. The van der Waals surface area contributed by atoms with Crippen molar-refractivity contribution in [3.63, 3.8) is 0 Å². The molecule has 4 heteroatoms. The molecule has 0 spiro atoms. The van der Waals surface area contributed by atoms with Crippen LogP contribution in [0, 0.1) is 17.9 Å². The van der Waals surface area contributed by atoms with Crippen molar-refractivity contribution in [2.75, 3.05) is 4.90 Å². The summed E-state index contributed by atoms with van der Waals surface area (Å²) < 4.78 is 6.03. The number of hydrogen-bond donors (Lipinski definition) is 0. The van der Waals surface area contributed by atoms with E-state index in [4.69, 9.17) is 11.0 Å². The highest BCUT2D eigenvalue weighted by atomic mass is 16.3. The molecule has 43 heavy (non-hydrogen) atoms. The summed E-state index contributed by atoms with van der Waals surface area (Å²) in [4.78, 5) is 10.9. The highest BCUT2D eigenvalue weighted by Crippen LogP contribution is 2.51. The third-order valence-electron chi connectivity index (χ3n) is 8.81. The van der Waals surface area contributed by atoms with E-state index >= 15 is 0 Å². The van der Waals surface area contributed by atoms with Gasteiger partial charge in [-0.3, -0.25) is 0 Å². The van der Waals surface area contributed by atoms with E-state index in [0.717, 1.165) is 47.4 Å². The van der Waals surface area contributed by atoms with Crippen LogP contribution in [-0.2, 0) is 0 Å². The molecule has 5 aromatic rings. The van der Waals surface area contributed by atoms with Gasteiger partial charge in [-0.1, -0.05) is 86.7 Å². The standard InChI is InChI=1S/C39H33N3O/c1-39(2)26-30(37(40-3)38-41-35-16-10-11-17-36(35)43-38)25-29-24-28(20-23-34(29)39)27-18-21-33(22-19-27)42(31-12-6-4-7-13-31)32-14-8-5-9-15-32/h4-19,21-22,24-25,34H,20,23,26H2,1-2H3/b37-30+. The molecule has 0 saturated carbocycles. The molecule has 1 atom stereocenters. The van der Waals surface area contributed by atoms with E-state index in [1.165, 1.54) is 16.7 Å². The molecule has 0 amide bonds. The van der Waals surface area contributed by atoms with Crippen LogP contribution < -0.4 is 4.90 Å². The van der Waals surface area contributed by atoms with Gasteiger partial charge in [0, 0.05) is 17.1 Å². The van der Waals surface area contributed by atoms with Gasteiger partial charge in [0.2, 0.25) is 5.89 Å². The highest BCUT2D eigenvalue weighted by molar-refractivity contribution is 5.81. The van der Waals surface area contributed by atoms with Crippen LogP contribution in [0.2, 0.25) is 0 Å². The van der Waals surface area contributed by atoms with Gasteiger partial charge in [0.1, 0.15) is 5.52 Å². The molecular formula is C39H33N3O. The number of allylic oxidation sites excluding steroid dienone is 5. The molecular weight excluding hydrogens is 526 g/mol. The molecule has 0 N–H and O–H groups in total. The Kier molecular flexibility index (Phi) is 6.80. The maximum atomic E-state index is 8.04. The molecule has 0 aliphatic heterocycles. The molecule has 210 valence electrons. The molecule has 7 rings (SSSR count). The molecule has 1 heterocycles. The van der Waals surface area contributed by atoms with Gasteiger partial charge in [-0.15, -0.1) is 0 Å². The maximum absolute atomic E-state index is 8.04. The predicted molar refractivity (Wildman–Crippen MR) is 176 cm³/mol. The minimum atomic E-state index is 0.0269. The largest absolute Gasteiger partial charge is 0.447 e. The van der Waals surface area contributed by atoms with Gasteiger partial charge < -0.3 is 9.32 Å². The van der Waals surface area contributed by atoms with E-state index in [2.05, 4.69) is 126 Å². The second kappa shape index (κ2) is 10.9. The van der Waals surface area contributed by atoms with E-state index in [-0.39, 0.29) is 5.41 Å². The summed E-state index contributed by atoms with van der Waals surface area (Å²) in [5.74, 6) is 0.857. The first kappa shape index (κ1) is 26.7. The summed E-state index contributed by atoms with van der Waals surface area (Å²) in [5, 5.41) is 0. The normalized spacial score (nSPS) is 18.7. The lowest BCUT2D eigenvalue weighted by Crippen LogP contribution is -2.31. The van der Waals surface area contributed by atoms with Crippen LogP contribution in [-0.4, -0.2) is 4.98 Å². The van der Waals surface area contributed by atoms with Crippen LogP contribution in [0.15, 0.2) is 137 Å². The first-order valence-electron chi connectivity index (χ1n) is 14.9. The summed E-state index contributed by atoms with van der Waals surface area (Å²) >= 11 is 0. The van der Waals surface area contributed by atoms with Crippen LogP contribution >= 0.6 is 0 Å². The van der Waals surface area contributed by atoms with E-state index in [0.29, 0.717) is 23.1 Å². The summed E-state index contributed by atoms with van der Waals surface area (Å²) in [6.07, 6.45) is 7.55. The van der Waals surface area contributed by atoms with Crippen molar-refractivity contribution in [1.82, 2.24) is 4.98 Å². The Labute approximate surface area is 253 Å². The van der Waals surface area contributed by atoms with Crippen molar-refractivity contribution >= 4 is 39.4 Å². The minimum Gasteiger partial charge on any atom is -0.447 e. The van der Waals surface area contributed by atoms with Gasteiger partial charge in [0.25, 0.3) is 5.70 Å².